The molecule has 24 heavy (non-hydrogen) atoms. The first kappa shape index (κ1) is 15.7. The Morgan fingerprint density at radius 3 is 2.88 bits per heavy atom. The van der Waals surface area contributed by atoms with Crippen molar-refractivity contribution in [2.75, 3.05) is 0 Å². The number of hydrogen-bond acceptors (Lipinski definition) is 3. The van der Waals surface area contributed by atoms with E-state index >= 15 is 0 Å². The highest BCUT2D eigenvalue weighted by molar-refractivity contribution is 5.69. The number of aromatic nitrogens is 3. The highest BCUT2D eigenvalue weighted by Gasteiger charge is 2.21. The van der Waals surface area contributed by atoms with E-state index in [9.17, 15) is 14.0 Å². The third-order valence-electron chi connectivity index (χ3n) is 3.76. The number of H-pyrrole nitrogens is 1. The Balaban J connectivity index is 2.34. The maximum Gasteiger partial charge on any atom is 0.405 e. The van der Waals surface area contributed by atoms with Gasteiger partial charge in [-0.2, -0.15) is 0 Å². The monoisotopic (exact) mass is 330 g/mol. The van der Waals surface area contributed by atoms with Crippen LogP contribution in [0.5, 0.6) is 0 Å². The van der Waals surface area contributed by atoms with Crippen molar-refractivity contribution in [1.82, 2.24) is 19.7 Å². The second-order valence-electron chi connectivity index (χ2n) is 5.46. The van der Waals surface area contributed by atoms with Gasteiger partial charge in [-0.15, -0.1) is 0 Å². The second-order valence-corrected chi connectivity index (χ2v) is 5.46. The van der Waals surface area contributed by atoms with Crippen molar-refractivity contribution in [2.24, 2.45) is 0 Å². The summed E-state index contributed by atoms with van der Waals surface area (Å²) in [4.78, 5) is 31.0. The number of rotatable bonds is 3. The van der Waals surface area contributed by atoms with Crippen LogP contribution >= 0.6 is 0 Å². The Hall–Kier alpha value is -3.16. The number of imidazole rings is 1. The zero-order valence-corrected chi connectivity index (χ0v) is 13.0. The van der Waals surface area contributed by atoms with Crippen LogP contribution < -0.4 is 10.9 Å². The van der Waals surface area contributed by atoms with Gasteiger partial charge in [0.2, 0.25) is 5.78 Å². The molecule has 3 aromatic rings. The van der Waals surface area contributed by atoms with Gasteiger partial charge in [0.1, 0.15) is 5.82 Å². The third kappa shape index (κ3) is 2.62. The first-order valence-electron chi connectivity index (χ1n) is 7.24. The van der Waals surface area contributed by atoms with Crippen molar-refractivity contribution >= 4 is 11.9 Å². The molecule has 1 atom stereocenters. The lowest BCUT2D eigenvalue weighted by Crippen LogP contribution is -2.29. The largest absolute Gasteiger partial charge is 0.465 e. The van der Waals surface area contributed by atoms with Gasteiger partial charge in [0.15, 0.2) is 0 Å². The highest BCUT2D eigenvalue weighted by atomic mass is 19.1. The second kappa shape index (κ2) is 5.80. The molecule has 8 heteroatoms. The standard InChI is InChI=1S/C16H15FN4O3/c1-8-7-18-15-20-13(9(2)19-16(23)24)12(14(22)21(8)15)10-4-3-5-11(17)6-10/h3-7,9,19H,1-2H3,(H,18,20)(H,23,24). The summed E-state index contributed by atoms with van der Waals surface area (Å²) >= 11 is 0. The molecule has 124 valence electrons. The molecule has 3 N–H and O–H groups in total. The van der Waals surface area contributed by atoms with Crippen LogP contribution in [0, 0.1) is 12.7 Å². The molecule has 1 amide bonds. The minimum absolute atomic E-state index is 0.198. The first-order valence-corrected chi connectivity index (χ1v) is 7.24. The summed E-state index contributed by atoms with van der Waals surface area (Å²) < 4.78 is 15.0. The van der Waals surface area contributed by atoms with Gasteiger partial charge in [-0.3, -0.25) is 4.79 Å². The number of aromatic amines is 1. The molecule has 2 aromatic heterocycles. The molecule has 0 aliphatic heterocycles. The van der Waals surface area contributed by atoms with Gasteiger partial charge >= 0.3 is 6.09 Å². The van der Waals surface area contributed by atoms with Crippen LogP contribution in [-0.2, 0) is 0 Å². The predicted molar refractivity (Wildman–Crippen MR) is 85.5 cm³/mol. The van der Waals surface area contributed by atoms with Crippen LogP contribution in [0.15, 0.2) is 35.3 Å². The van der Waals surface area contributed by atoms with E-state index in [1.807, 2.05) is 0 Å². The fraction of sp³-hybridized carbons (Fsp3) is 0.188. The lowest BCUT2D eigenvalue weighted by atomic mass is 10.0. The van der Waals surface area contributed by atoms with E-state index in [-0.39, 0.29) is 5.56 Å². The normalized spacial score (nSPS) is 12.3. The quantitative estimate of drug-likeness (QED) is 0.687. The van der Waals surface area contributed by atoms with Crippen molar-refractivity contribution in [3.63, 3.8) is 0 Å². The molecule has 2 heterocycles. The summed E-state index contributed by atoms with van der Waals surface area (Å²) in [5, 5.41) is 11.3. The van der Waals surface area contributed by atoms with Crippen molar-refractivity contribution in [1.29, 1.82) is 0 Å². The molecule has 0 bridgehead atoms. The average molecular weight is 330 g/mol. The van der Waals surface area contributed by atoms with E-state index in [0.717, 1.165) is 0 Å². The Morgan fingerprint density at radius 2 is 2.21 bits per heavy atom. The molecule has 0 fully saturated rings. The summed E-state index contributed by atoms with van der Waals surface area (Å²) in [7, 11) is 0. The number of carboxylic acid groups (broad SMARTS) is 1. The number of carbonyl (C=O) groups is 1. The fourth-order valence-electron chi connectivity index (χ4n) is 2.70. The SMILES string of the molecule is Cc1cnc2[nH]c(C(C)NC(=O)O)c(-c3cccc(F)c3)c(=O)n12. The topological polar surface area (TPSA) is 99.5 Å². The molecule has 3 rings (SSSR count). The van der Waals surface area contributed by atoms with Crippen LogP contribution in [0.3, 0.4) is 0 Å². The number of nitrogens with zero attached hydrogens (tertiary/aromatic N) is 2. The van der Waals surface area contributed by atoms with Crippen molar-refractivity contribution in [3.8, 4) is 11.1 Å². The minimum atomic E-state index is -1.23. The van der Waals surface area contributed by atoms with Crippen LogP contribution in [-0.4, -0.2) is 25.6 Å². The van der Waals surface area contributed by atoms with E-state index in [1.165, 1.54) is 28.8 Å². The number of aryl methyl sites for hydroxylation is 1. The molecule has 1 unspecified atom stereocenters. The van der Waals surface area contributed by atoms with Crippen LogP contribution in [0.4, 0.5) is 9.18 Å². The van der Waals surface area contributed by atoms with Crippen LogP contribution in [0.2, 0.25) is 0 Å². The van der Waals surface area contributed by atoms with E-state index < -0.39 is 23.5 Å². The van der Waals surface area contributed by atoms with E-state index in [4.69, 9.17) is 5.11 Å². The van der Waals surface area contributed by atoms with Crippen molar-refractivity contribution in [2.45, 2.75) is 19.9 Å². The zero-order chi connectivity index (χ0) is 17.4. The third-order valence-corrected chi connectivity index (χ3v) is 3.76. The summed E-state index contributed by atoms with van der Waals surface area (Å²) in [6.45, 7) is 3.32. The van der Waals surface area contributed by atoms with E-state index in [1.54, 1.807) is 19.9 Å². The summed E-state index contributed by atoms with van der Waals surface area (Å²) in [5.41, 5.74) is 1.11. The minimum Gasteiger partial charge on any atom is -0.465 e. The highest BCUT2D eigenvalue weighted by Crippen LogP contribution is 2.25. The summed E-state index contributed by atoms with van der Waals surface area (Å²) in [5.74, 6) is -0.189. The van der Waals surface area contributed by atoms with Gasteiger partial charge < -0.3 is 15.4 Å². The van der Waals surface area contributed by atoms with Crippen molar-refractivity contribution in [3.05, 3.63) is 58.0 Å². The fourth-order valence-corrected chi connectivity index (χ4v) is 2.70. The van der Waals surface area contributed by atoms with Gasteiger partial charge in [0.05, 0.1) is 23.5 Å². The summed E-state index contributed by atoms with van der Waals surface area (Å²) in [6.07, 6.45) is 0.301. The van der Waals surface area contributed by atoms with E-state index in [2.05, 4.69) is 15.3 Å². The Bertz CT molecular complexity index is 993. The molecule has 0 radical (unpaired) electrons. The Kier molecular flexibility index (Phi) is 3.80. The van der Waals surface area contributed by atoms with Gasteiger partial charge in [-0.1, -0.05) is 12.1 Å². The molecule has 0 aliphatic rings. The average Bonchev–Trinajstić information content (AvgIpc) is 2.88. The molecule has 0 spiro atoms. The molecule has 7 nitrogen and oxygen atoms in total. The molecular formula is C16H15FN4O3. The van der Waals surface area contributed by atoms with Gasteiger partial charge in [0, 0.05) is 5.69 Å². The van der Waals surface area contributed by atoms with Gasteiger partial charge in [0.25, 0.3) is 5.56 Å². The number of fused-ring (bicyclic) bond motifs is 1. The zero-order valence-electron chi connectivity index (χ0n) is 13.0. The van der Waals surface area contributed by atoms with Crippen LogP contribution in [0.1, 0.15) is 24.4 Å². The molecule has 0 saturated carbocycles. The Labute approximate surface area is 135 Å². The van der Waals surface area contributed by atoms with Gasteiger partial charge in [-0.25, -0.2) is 18.6 Å². The number of benzene rings is 1. The van der Waals surface area contributed by atoms with Gasteiger partial charge in [-0.05, 0) is 31.5 Å². The maximum absolute atomic E-state index is 13.6. The lowest BCUT2D eigenvalue weighted by molar-refractivity contribution is 0.190. The van der Waals surface area contributed by atoms with Crippen LogP contribution in [0.25, 0.3) is 16.9 Å². The Morgan fingerprint density at radius 1 is 1.46 bits per heavy atom. The lowest BCUT2D eigenvalue weighted by Gasteiger charge is -2.17. The predicted octanol–water partition coefficient (Wildman–Crippen LogP) is 2.47. The molecular weight excluding hydrogens is 315 g/mol. The number of hydrogen-bond donors (Lipinski definition) is 3. The maximum atomic E-state index is 13.6. The van der Waals surface area contributed by atoms with E-state index in [0.29, 0.717) is 22.7 Å². The summed E-state index contributed by atoms with van der Waals surface area (Å²) in [6, 6.07) is 4.89. The number of amides is 1. The molecule has 0 saturated heterocycles. The first-order chi connectivity index (χ1) is 11.4. The molecule has 1 aromatic carbocycles. The molecule has 0 aliphatic carbocycles. The number of halogens is 1. The number of nitrogens with one attached hydrogen (secondary N) is 2. The smallest absolute Gasteiger partial charge is 0.405 e. The van der Waals surface area contributed by atoms with Crippen molar-refractivity contribution < 1.29 is 14.3 Å².